The lowest BCUT2D eigenvalue weighted by atomic mass is 9.64. The lowest BCUT2D eigenvalue weighted by Crippen LogP contribution is -2.29. The first-order valence-corrected chi connectivity index (χ1v) is 10.5. The van der Waals surface area contributed by atoms with E-state index < -0.39 is 6.61 Å². The Morgan fingerprint density at radius 1 is 0.931 bits per heavy atom. The molecule has 4 rings (SSSR count). The molecule has 2 aliphatic carbocycles. The van der Waals surface area contributed by atoms with Gasteiger partial charge >= 0.3 is 6.61 Å². The van der Waals surface area contributed by atoms with Crippen molar-refractivity contribution >= 4 is 0 Å². The van der Waals surface area contributed by atoms with Gasteiger partial charge < -0.3 is 4.74 Å². The van der Waals surface area contributed by atoms with E-state index in [1.807, 2.05) is 12.1 Å². The van der Waals surface area contributed by atoms with Crippen molar-refractivity contribution in [3.63, 3.8) is 0 Å². The van der Waals surface area contributed by atoms with Gasteiger partial charge in [0.25, 0.3) is 0 Å². The summed E-state index contributed by atoms with van der Waals surface area (Å²) < 4.78 is 43.8. The highest BCUT2D eigenvalue weighted by molar-refractivity contribution is 5.65. The minimum Gasteiger partial charge on any atom is -0.435 e. The summed E-state index contributed by atoms with van der Waals surface area (Å²) >= 11 is 0. The van der Waals surface area contributed by atoms with Crippen LogP contribution in [0, 0.1) is 23.6 Å². The number of alkyl halides is 2. The molecule has 2 saturated carbocycles. The third-order valence-corrected chi connectivity index (χ3v) is 6.84. The maximum absolute atomic E-state index is 14.9. The molecule has 0 radical (unpaired) electrons. The van der Waals surface area contributed by atoms with Crippen molar-refractivity contribution < 1.29 is 17.9 Å². The van der Waals surface area contributed by atoms with Crippen LogP contribution in [0.25, 0.3) is 11.1 Å². The summed E-state index contributed by atoms with van der Waals surface area (Å²) in [6.45, 7) is 1.10. The Balaban J connectivity index is 1.46. The van der Waals surface area contributed by atoms with E-state index in [-0.39, 0.29) is 11.6 Å². The first-order chi connectivity index (χ1) is 14.0. The highest BCUT2D eigenvalue weighted by Gasteiger charge is 2.35. The molecule has 0 bridgehead atoms. The van der Waals surface area contributed by atoms with Crippen molar-refractivity contribution in [1.82, 2.24) is 0 Å². The van der Waals surface area contributed by atoms with Crippen molar-refractivity contribution in [2.24, 2.45) is 17.8 Å². The van der Waals surface area contributed by atoms with Gasteiger partial charge in [-0.3, -0.25) is 0 Å². The van der Waals surface area contributed by atoms with Gasteiger partial charge in [-0.2, -0.15) is 8.78 Å². The molecule has 0 aliphatic heterocycles. The van der Waals surface area contributed by atoms with E-state index in [1.165, 1.54) is 37.8 Å². The molecule has 4 heteroatoms. The van der Waals surface area contributed by atoms with Crippen molar-refractivity contribution in [2.75, 3.05) is 0 Å². The van der Waals surface area contributed by atoms with Crippen LogP contribution in [0.2, 0.25) is 0 Å². The van der Waals surface area contributed by atoms with Crippen LogP contribution in [-0.2, 0) is 0 Å². The molecule has 2 aromatic carbocycles. The standard InChI is InChI=1S/C25H27F3O/c1-2-16-3-4-19-14-20(6-5-18(19)13-16)21-9-12-23(24(26)15-21)17-7-10-22(11-8-17)29-25(27)28/h2,7-12,15-16,18-20,25H,1,3-6,13-14H2. The van der Waals surface area contributed by atoms with E-state index in [2.05, 4.69) is 17.4 Å². The minimum absolute atomic E-state index is 0.0729. The molecule has 4 atom stereocenters. The van der Waals surface area contributed by atoms with E-state index >= 15 is 0 Å². The predicted octanol–water partition coefficient (Wildman–Crippen LogP) is 7.58. The summed E-state index contributed by atoms with van der Waals surface area (Å²) in [5.74, 6) is 2.44. The molecule has 2 fully saturated rings. The highest BCUT2D eigenvalue weighted by atomic mass is 19.3. The number of hydrogen-bond acceptors (Lipinski definition) is 1. The van der Waals surface area contributed by atoms with Crippen molar-refractivity contribution in [1.29, 1.82) is 0 Å². The number of hydrogen-bond donors (Lipinski definition) is 0. The van der Waals surface area contributed by atoms with Crippen LogP contribution in [0.4, 0.5) is 13.2 Å². The third-order valence-electron chi connectivity index (χ3n) is 6.84. The molecular formula is C25H27F3O. The molecule has 1 nitrogen and oxygen atoms in total. The average Bonchev–Trinajstić information content (AvgIpc) is 2.73. The fraction of sp³-hybridized carbons (Fsp3) is 0.440. The van der Waals surface area contributed by atoms with Crippen LogP contribution in [0.3, 0.4) is 0 Å². The van der Waals surface area contributed by atoms with Crippen LogP contribution in [0.1, 0.15) is 50.0 Å². The Morgan fingerprint density at radius 2 is 1.66 bits per heavy atom. The van der Waals surface area contributed by atoms with Gasteiger partial charge in [-0.25, -0.2) is 4.39 Å². The topological polar surface area (TPSA) is 9.23 Å². The second kappa shape index (κ2) is 8.64. The van der Waals surface area contributed by atoms with E-state index in [0.29, 0.717) is 23.0 Å². The zero-order chi connectivity index (χ0) is 20.4. The molecule has 0 spiro atoms. The van der Waals surface area contributed by atoms with Crippen LogP contribution in [-0.4, -0.2) is 6.61 Å². The Kier molecular flexibility index (Phi) is 5.98. The molecule has 154 valence electrons. The molecule has 0 saturated heterocycles. The minimum atomic E-state index is -2.86. The first kappa shape index (κ1) is 20.1. The van der Waals surface area contributed by atoms with E-state index in [1.54, 1.807) is 18.2 Å². The fourth-order valence-electron chi connectivity index (χ4n) is 5.28. The van der Waals surface area contributed by atoms with E-state index in [0.717, 1.165) is 30.2 Å². The molecule has 4 unspecified atom stereocenters. The molecule has 0 N–H and O–H groups in total. The predicted molar refractivity (Wildman–Crippen MR) is 110 cm³/mol. The summed E-state index contributed by atoms with van der Waals surface area (Å²) in [5.41, 5.74) is 2.22. The molecule has 29 heavy (non-hydrogen) atoms. The van der Waals surface area contributed by atoms with Gasteiger partial charge in [0, 0.05) is 5.56 Å². The van der Waals surface area contributed by atoms with Crippen LogP contribution in [0.5, 0.6) is 5.75 Å². The summed E-state index contributed by atoms with van der Waals surface area (Å²) in [5, 5.41) is 0. The number of halogens is 3. The fourth-order valence-corrected chi connectivity index (χ4v) is 5.28. The van der Waals surface area contributed by atoms with Crippen LogP contribution in [0.15, 0.2) is 55.1 Å². The second-order valence-electron chi connectivity index (χ2n) is 8.48. The van der Waals surface area contributed by atoms with E-state index in [4.69, 9.17) is 0 Å². The Morgan fingerprint density at radius 3 is 2.34 bits per heavy atom. The van der Waals surface area contributed by atoms with Gasteiger partial charge in [-0.15, -0.1) is 6.58 Å². The number of rotatable bonds is 5. The van der Waals surface area contributed by atoms with Crippen molar-refractivity contribution in [3.8, 4) is 16.9 Å². The largest absolute Gasteiger partial charge is 0.435 e. The summed E-state index contributed by atoms with van der Waals surface area (Å²) in [6.07, 6.45) is 9.34. The number of benzene rings is 2. The second-order valence-corrected chi connectivity index (χ2v) is 8.48. The maximum Gasteiger partial charge on any atom is 0.387 e. The quantitative estimate of drug-likeness (QED) is 0.470. The summed E-state index contributed by atoms with van der Waals surface area (Å²) in [6, 6.07) is 11.6. The van der Waals surface area contributed by atoms with Gasteiger partial charge in [-0.1, -0.05) is 30.3 Å². The Labute approximate surface area is 170 Å². The smallest absolute Gasteiger partial charge is 0.387 e. The lowest BCUT2D eigenvalue weighted by Gasteiger charge is -2.41. The highest BCUT2D eigenvalue weighted by Crippen LogP contribution is 2.48. The molecule has 0 amide bonds. The molecule has 0 heterocycles. The molecule has 2 aromatic rings. The molecular weight excluding hydrogens is 373 g/mol. The van der Waals surface area contributed by atoms with Crippen molar-refractivity contribution in [2.45, 2.75) is 51.1 Å². The van der Waals surface area contributed by atoms with Crippen LogP contribution >= 0.6 is 0 Å². The van der Waals surface area contributed by atoms with Gasteiger partial charge in [0.15, 0.2) is 0 Å². The third kappa shape index (κ3) is 4.52. The summed E-state index contributed by atoms with van der Waals surface area (Å²) in [4.78, 5) is 0. The molecule has 0 aromatic heterocycles. The van der Waals surface area contributed by atoms with Gasteiger partial charge in [-0.05, 0) is 91.5 Å². The Bertz CT molecular complexity index is 846. The maximum atomic E-state index is 14.9. The molecule has 2 aliphatic rings. The van der Waals surface area contributed by atoms with Gasteiger partial charge in [0.2, 0.25) is 0 Å². The number of fused-ring (bicyclic) bond motifs is 1. The van der Waals surface area contributed by atoms with Crippen molar-refractivity contribution in [3.05, 3.63) is 66.5 Å². The zero-order valence-corrected chi connectivity index (χ0v) is 16.5. The average molecular weight is 400 g/mol. The van der Waals surface area contributed by atoms with Gasteiger partial charge in [0.1, 0.15) is 11.6 Å². The van der Waals surface area contributed by atoms with E-state index in [9.17, 15) is 13.2 Å². The SMILES string of the molecule is C=CC1CCC2CC(c3ccc(-c4ccc(OC(F)F)cc4)c(F)c3)CCC2C1. The number of allylic oxidation sites excluding steroid dienone is 1. The normalized spacial score (nSPS) is 26.8. The Hall–Kier alpha value is -2.23. The van der Waals surface area contributed by atoms with Crippen LogP contribution < -0.4 is 4.74 Å². The zero-order valence-electron chi connectivity index (χ0n) is 16.5. The lowest BCUT2D eigenvalue weighted by molar-refractivity contribution is -0.0498. The monoisotopic (exact) mass is 400 g/mol. The first-order valence-electron chi connectivity index (χ1n) is 10.5. The van der Waals surface area contributed by atoms with Gasteiger partial charge in [0.05, 0.1) is 0 Å². The summed E-state index contributed by atoms with van der Waals surface area (Å²) in [7, 11) is 0. The number of ether oxygens (including phenoxy) is 1.